The van der Waals surface area contributed by atoms with E-state index in [0.29, 0.717) is 6.10 Å². The summed E-state index contributed by atoms with van der Waals surface area (Å²) < 4.78 is 11.2. The lowest BCUT2D eigenvalue weighted by molar-refractivity contribution is 0.0168. The summed E-state index contributed by atoms with van der Waals surface area (Å²) in [6.45, 7) is 11.6. The molecule has 29 heavy (non-hydrogen) atoms. The molecule has 1 aromatic carbocycles. The van der Waals surface area contributed by atoms with E-state index in [1.54, 1.807) is 7.05 Å². The smallest absolute Gasteiger partial charge is 0.191 e. The summed E-state index contributed by atoms with van der Waals surface area (Å²) >= 11 is 0. The minimum absolute atomic E-state index is 0. The van der Waals surface area contributed by atoms with Gasteiger partial charge in [-0.05, 0) is 43.5 Å². The maximum absolute atomic E-state index is 5.69. The van der Waals surface area contributed by atoms with Gasteiger partial charge in [-0.2, -0.15) is 0 Å². The van der Waals surface area contributed by atoms with Gasteiger partial charge in [0.2, 0.25) is 0 Å². The molecule has 0 bridgehead atoms. The highest BCUT2D eigenvalue weighted by Crippen LogP contribution is 2.11. The molecule has 1 saturated heterocycles. The monoisotopic (exact) mass is 518 g/mol. The highest BCUT2D eigenvalue weighted by atomic mass is 127. The Morgan fingerprint density at radius 3 is 2.52 bits per heavy atom. The molecule has 1 heterocycles. The van der Waals surface area contributed by atoms with Crippen molar-refractivity contribution in [3.63, 3.8) is 0 Å². The van der Waals surface area contributed by atoms with E-state index in [9.17, 15) is 0 Å². The third kappa shape index (κ3) is 10.6. The highest BCUT2D eigenvalue weighted by Gasteiger charge is 2.14. The second-order valence-corrected chi connectivity index (χ2v) is 7.19. The molecule has 0 radical (unpaired) electrons. The first kappa shape index (κ1) is 26.1. The maximum Gasteiger partial charge on any atom is 0.191 e. The number of guanidine groups is 1. The number of hydrogen-bond donors (Lipinski definition) is 2. The van der Waals surface area contributed by atoms with Gasteiger partial charge < -0.3 is 20.1 Å². The predicted octanol–water partition coefficient (Wildman–Crippen LogP) is 3.40. The Labute approximate surface area is 193 Å². The fraction of sp³-hybridized carbons (Fsp3) is 0.682. The predicted molar refractivity (Wildman–Crippen MR) is 131 cm³/mol. The van der Waals surface area contributed by atoms with Crippen LogP contribution in [-0.2, 0) is 22.6 Å². The van der Waals surface area contributed by atoms with Crippen molar-refractivity contribution in [3.8, 4) is 0 Å². The second-order valence-electron chi connectivity index (χ2n) is 7.19. The molecule has 1 aromatic rings. The van der Waals surface area contributed by atoms with Gasteiger partial charge in [-0.1, -0.05) is 38.1 Å². The number of halogens is 1. The summed E-state index contributed by atoms with van der Waals surface area (Å²) in [6.07, 6.45) is 3.55. The number of rotatable bonds is 12. The molecule has 1 aliphatic rings. The molecule has 1 atom stereocenters. The van der Waals surface area contributed by atoms with Crippen LogP contribution in [0.4, 0.5) is 0 Å². The fourth-order valence-corrected chi connectivity index (χ4v) is 3.25. The zero-order valence-electron chi connectivity index (χ0n) is 18.3. The van der Waals surface area contributed by atoms with Gasteiger partial charge in [0.05, 0.1) is 12.7 Å². The van der Waals surface area contributed by atoms with Crippen LogP contribution < -0.4 is 10.6 Å². The van der Waals surface area contributed by atoms with Crippen LogP contribution >= 0.6 is 24.0 Å². The van der Waals surface area contributed by atoms with Gasteiger partial charge in [0.15, 0.2) is 5.96 Å². The lowest BCUT2D eigenvalue weighted by Crippen LogP contribution is -2.37. The van der Waals surface area contributed by atoms with E-state index in [1.807, 2.05) is 0 Å². The zero-order chi connectivity index (χ0) is 20.0. The number of nitrogens with zero attached hydrogens (tertiary/aromatic N) is 2. The molecular formula is C22H39IN4O2. The molecule has 1 unspecified atom stereocenters. The standard InChI is InChI=1S/C22H38N4O2.HI/c1-4-26(5-2)17-20-11-9-19(10-12-20)16-25-22(23-3)24-13-7-14-27-18-21-8-6-15-28-21;/h9-12,21H,4-8,13-18H2,1-3H3,(H2,23,24,25);1H. The van der Waals surface area contributed by atoms with Gasteiger partial charge in [-0.15, -0.1) is 24.0 Å². The van der Waals surface area contributed by atoms with Crippen molar-refractivity contribution in [2.75, 3.05) is 46.5 Å². The SMILES string of the molecule is CCN(CC)Cc1ccc(CNC(=NC)NCCCOCC2CCCO2)cc1.I. The second kappa shape index (κ2) is 15.9. The van der Waals surface area contributed by atoms with Crippen LogP contribution in [0.2, 0.25) is 0 Å². The molecule has 166 valence electrons. The van der Waals surface area contributed by atoms with Gasteiger partial charge >= 0.3 is 0 Å². The van der Waals surface area contributed by atoms with Gasteiger partial charge in [0, 0.05) is 39.9 Å². The number of nitrogens with one attached hydrogen (secondary N) is 2. The lowest BCUT2D eigenvalue weighted by Gasteiger charge is -2.18. The average Bonchev–Trinajstić information content (AvgIpc) is 3.25. The molecule has 0 spiro atoms. The third-order valence-corrected chi connectivity index (χ3v) is 5.09. The molecule has 1 aliphatic heterocycles. The topological polar surface area (TPSA) is 58.1 Å². The molecule has 1 fully saturated rings. The Balaban J connectivity index is 0.00000420. The first-order valence-corrected chi connectivity index (χ1v) is 10.7. The number of aliphatic imine (C=N–C) groups is 1. The fourth-order valence-electron chi connectivity index (χ4n) is 3.25. The lowest BCUT2D eigenvalue weighted by atomic mass is 10.1. The summed E-state index contributed by atoms with van der Waals surface area (Å²) in [4.78, 5) is 6.71. The van der Waals surface area contributed by atoms with E-state index in [0.717, 1.165) is 77.8 Å². The molecule has 0 aliphatic carbocycles. The number of ether oxygens (including phenoxy) is 2. The summed E-state index contributed by atoms with van der Waals surface area (Å²) in [6, 6.07) is 8.82. The minimum atomic E-state index is 0. The summed E-state index contributed by atoms with van der Waals surface area (Å²) in [5, 5.41) is 6.71. The van der Waals surface area contributed by atoms with Gasteiger partial charge in [-0.3, -0.25) is 9.89 Å². The Morgan fingerprint density at radius 2 is 1.90 bits per heavy atom. The van der Waals surface area contributed by atoms with Gasteiger partial charge in [-0.25, -0.2) is 0 Å². The van der Waals surface area contributed by atoms with Crippen molar-refractivity contribution in [1.82, 2.24) is 15.5 Å². The zero-order valence-corrected chi connectivity index (χ0v) is 20.6. The van der Waals surface area contributed by atoms with Crippen molar-refractivity contribution in [3.05, 3.63) is 35.4 Å². The van der Waals surface area contributed by atoms with E-state index in [2.05, 4.69) is 58.6 Å². The van der Waals surface area contributed by atoms with E-state index >= 15 is 0 Å². The molecule has 6 nitrogen and oxygen atoms in total. The van der Waals surface area contributed by atoms with E-state index in [-0.39, 0.29) is 24.0 Å². The van der Waals surface area contributed by atoms with Crippen LogP contribution in [0.15, 0.2) is 29.3 Å². The van der Waals surface area contributed by atoms with Crippen LogP contribution in [0, 0.1) is 0 Å². The van der Waals surface area contributed by atoms with E-state index in [1.165, 1.54) is 11.1 Å². The van der Waals surface area contributed by atoms with Gasteiger partial charge in [0.25, 0.3) is 0 Å². The van der Waals surface area contributed by atoms with Crippen molar-refractivity contribution < 1.29 is 9.47 Å². The normalized spacial score (nSPS) is 16.7. The quantitative estimate of drug-likeness (QED) is 0.192. The molecule has 0 aromatic heterocycles. The van der Waals surface area contributed by atoms with Crippen molar-refractivity contribution in [1.29, 1.82) is 0 Å². The summed E-state index contributed by atoms with van der Waals surface area (Å²) in [5.41, 5.74) is 2.61. The van der Waals surface area contributed by atoms with E-state index < -0.39 is 0 Å². The van der Waals surface area contributed by atoms with Crippen molar-refractivity contribution >= 4 is 29.9 Å². The van der Waals surface area contributed by atoms with Crippen LogP contribution in [0.25, 0.3) is 0 Å². The summed E-state index contributed by atoms with van der Waals surface area (Å²) in [5.74, 6) is 0.825. The average molecular weight is 518 g/mol. The number of benzene rings is 1. The van der Waals surface area contributed by atoms with Crippen LogP contribution in [0.1, 0.15) is 44.2 Å². The first-order chi connectivity index (χ1) is 13.7. The van der Waals surface area contributed by atoms with Crippen LogP contribution in [0.3, 0.4) is 0 Å². The van der Waals surface area contributed by atoms with Crippen molar-refractivity contribution in [2.45, 2.75) is 52.3 Å². The Hall–Kier alpha value is -0.900. The Kier molecular flexibility index (Phi) is 14.3. The Morgan fingerprint density at radius 1 is 1.17 bits per heavy atom. The molecule has 0 saturated carbocycles. The molecule has 7 heteroatoms. The van der Waals surface area contributed by atoms with E-state index in [4.69, 9.17) is 9.47 Å². The molecule has 2 N–H and O–H groups in total. The number of hydrogen-bond acceptors (Lipinski definition) is 4. The third-order valence-electron chi connectivity index (χ3n) is 5.09. The van der Waals surface area contributed by atoms with Crippen molar-refractivity contribution in [2.24, 2.45) is 4.99 Å². The Bertz CT molecular complexity index is 558. The van der Waals surface area contributed by atoms with Crippen LogP contribution in [-0.4, -0.2) is 63.5 Å². The molecule has 2 rings (SSSR count). The van der Waals surface area contributed by atoms with Gasteiger partial charge in [0.1, 0.15) is 0 Å². The molecular weight excluding hydrogens is 479 g/mol. The first-order valence-electron chi connectivity index (χ1n) is 10.7. The maximum atomic E-state index is 5.69. The largest absolute Gasteiger partial charge is 0.379 e. The minimum Gasteiger partial charge on any atom is -0.379 e. The highest BCUT2D eigenvalue weighted by molar-refractivity contribution is 14.0. The summed E-state index contributed by atoms with van der Waals surface area (Å²) in [7, 11) is 1.80. The molecule has 0 amide bonds. The van der Waals surface area contributed by atoms with Crippen LogP contribution in [0.5, 0.6) is 0 Å².